The van der Waals surface area contributed by atoms with Crippen LogP contribution in [0, 0.1) is 0 Å². The van der Waals surface area contributed by atoms with Crippen LogP contribution in [0.2, 0.25) is 0 Å². The van der Waals surface area contributed by atoms with Crippen molar-refractivity contribution in [3.63, 3.8) is 0 Å². The minimum absolute atomic E-state index is 0.0770. The summed E-state index contributed by atoms with van der Waals surface area (Å²) in [5.74, 6) is -1.08. The summed E-state index contributed by atoms with van der Waals surface area (Å²) in [6, 6.07) is 14.0. The van der Waals surface area contributed by atoms with Crippen LogP contribution in [-0.2, 0) is 14.8 Å². The van der Waals surface area contributed by atoms with E-state index in [1.807, 2.05) is 0 Å². The second kappa shape index (κ2) is 7.04. The fourth-order valence-electron chi connectivity index (χ4n) is 1.98. The molecule has 0 saturated heterocycles. The molecule has 1 atom stereocenters. The molecule has 0 fully saturated rings. The van der Waals surface area contributed by atoms with E-state index in [-0.39, 0.29) is 11.3 Å². The Bertz CT molecular complexity index is 762. The standard InChI is InChI=1S/C15H14BrNO4S/c16-12-7-4-8-13(9-12)22(20,21)17-14(10-15(18)19)11-5-2-1-3-6-11/h1-9,14,17H,10H2,(H,18,19). The zero-order valence-electron chi connectivity index (χ0n) is 11.4. The second-order valence-corrected chi connectivity index (χ2v) is 7.27. The molecule has 0 saturated carbocycles. The van der Waals surface area contributed by atoms with Crippen LogP contribution in [0.1, 0.15) is 18.0 Å². The molecule has 0 aliphatic carbocycles. The monoisotopic (exact) mass is 383 g/mol. The van der Waals surface area contributed by atoms with Crippen LogP contribution in [0.25, 0.3) is 0 Å². The van der Waals surface area contributed by atoms with Gasteiger partial charge in [-0.25, -0.2) is 13.1 Å². The summed E-state index contributed by atoms with van der Waals surface area (Å²) < 4.78 is 27.9. The van der Waals surface area contributed by atoms with Gasteiger partial charge in [-0.3, -0.25) is 4.79 Å². The number of benzene rings is 2. The predicted molar refractivity (Wildman–Crippen MR) is 85.9 cm³/mol. The number of nitrogens with one attached hydrogen (secondary N) is 1. The first-order valence-electron chi connectivity index (χ1n) is 6.43. The molecule has 0 bridgehead atoms. The van der Waals surface area contributed by atoms with Gasteiger partial charge in [-0.2, -0.15) is 0 Å². The van der Waals surface area contributed by atoms with Gasteiger partial charge in [-0.05, 0) is 23.8 Å². The molecule has 0 amide bonds. The molecule has 116 valence electrons. The van der Waals surface area contributed by atoms with Crippen molar-refractivity contribution in [2.24, 2.45) is 0 Å². The molecule has 22 heavy (non-hydrogen) atoms. The molecule has 5 nitrogen and oxygen atoms in total. The van der Waals surface area contributed by atoms with Crippen molar-refractivity contribution in [2.75, 3.05) is 0 Å². The third-order valence-electron chi connectivity index (χ3n) is 2.98. The number of halogens is 1. The maximum Gasteiger partial charge on any atom is 0.305 e. The van der Waals surface area contributed by atoms with E-state index in [9.17, 15) is 13.2 Å². The van der Waals surface area contributed by atoms with Gasteiger partial charge in [-0.1, -0.05) is 52.3 Å². The summed E-state index contributed by atoms with van der Waals surface area (Å²) in [5, 5.41) is 9.01. The zero-order chi connectivity index (χ0) is 16.2. The van der Waals surface area contributed by atoms with Gasteiger partial charge in [0.05, 0.1) is 17.4 Å². The molecular formula is C15H14BrNO4S. The first-order chi connectivity index (χ1) is 10.4. The number of hydrogen-bond acceptors (Lipinski definition) is 3. The fraction of sp³-hybridized carbons (Fsp3) is 0.133. The van der Waals surface area contributed by atoms with Gasteiger partial charge in [-0.15, -0.1) is 0 Å². The van der Waals surface area contributed by atoms with Gasteiger partial charge >= 0.3 is 5.97 Å². The Morgan fingerprint density at radius 1 is 1.14 bits per heavy atom. The summed E-state index contributed by atoms with van der Waals surface area (Å²) >= 11 is 3.22. The van der Waals surface area contributed by atoms with Crippen LogP contribution in [0.5, 0.6) is 0 Å². The highest BCUT2D eigenvalue weighted by molar-refractivity contribution is 9.10. The molecule has 0 heterocycles. The molecule has 2 N–H and O–H groups in total. The first-order valence-corrected chi connectivity index (χ1v) is 8.71. The van der Waals surface area contributed by atoms with E-state index in [0.717, 1.165) is 0 Å². The van der Waals surface area contributed by atoms with Gasteiger partial charge in [0.25, 0.3) is 0 Å². The van der Waals surface area contributed by atoms with Gasteiger partial charge in [0.2, 0.25) is 10.0 Å². The molecular weight excluding hydrogens is 370 g/mol. The topological polar surface area (TPSA) is 83.5 Å². The van der Waals surface area contributed by atoms with Crippen molar-refractivity contribution in [1.29, 1.82) is 0 Å². The van der Waals surface area contributed by atoms with Crippen molar-refractivity contribution in [3.8, 4) is 0 Å². The Morgan fingerprint density at radius 3 is 2.41 bits per heavy atom. The summed E-state index contributed by atoms with van der Waals surface area (Å²) in [6.45, 7) is 0. The molecule has 2 rings (SSSR count). The lowest BCUT2D eigenvalue weighted by Crippen LogP contribution is -2.30. The lowest BCUT2D eigenvalue weighted by atomic mass is 10.1. The molecule has 0 aromatic heterocycles. The van der Waals surface area contributed by atoms with Crippen LogP contribution in [0.3, 0.4) is 0 Å². The highest BCUT2D eigenvalue weighted by Gasteiger charge is 2.23. The molecule has 1 unspecified atom stereocenters. The van der Waals surface area contributed by atoms with E-state index >= 15 is 0 Å². The summed E-state index contributed by atoms with van der Waals surface area (Å²) in [4.78, 5) is 11.1. The highest BCUT2D eigenvalue weighted by atomic mass is 79.9. The van der Waals surface area contributed by atoms with Crippen LogP contribution < -0.4 is 4.72 Å². The van der Waals surface area contributed by atoms with E-state index in [0.29, 0.717) is 10.0 Å². The van der Waals surface area contributed by atoms with Crippen LogP contribution in [0.15, 0.2) is 64.0 Å². The van der Waals surface area contributed by atoms with E-state index < -0.39 is 22.0 Å². The minimum Gasteiger partial charge on any atom is -0.481 e. The number of carboxylic acid groups (broad SMARTS) is 1. The third-order valence-corrected chi connectivity index (χ3v) is 4.95. The molecule has 2 aromatic carbocycles. The Balaban J connectivity index is 2.32. The number of aliphatic carboxylic acids is 1. The Hall–Kier alpha value is -1.70. The molecule has 0 radical (unpaired) electrons. The molecule has 0 spiro atoms. The SMILES string of the molecule is O=C(O)CC(NS(=O)(=O)c1cccc(Br)c1)c1ccccc1. The van der Waals surface area contributed by atoms with Crippen molar-refractivity contribution < 1.29 is 18.3 Å². The number of sulfonamides is 1. The zero-order valence-corrected chi connectivity index (χ0v) is 13.8. The molecule has 7 heteroatoms. The summed E-state index contributed by atoms with van der Waals surface area (Å²) in [5.41, 5.74) is 0.600. The van der Waals surface area contributed by atoms with Crippen molar-refractivity contribution >= 4 is 31.9 Å². The highest BCUT2D eigenvalue weighted by Crippen LogP contribution is 2.22. The lowest BCUT2D eigenvalue weighted by molar-refractivity contribution is -0.137. The normalized spacial score (nSPS) is 12.8. The van der Waals surface area contributed by atoms with Gasteiger partial charge in [0.1, 0.15) is 0 Å². The molecule has 2 aromatic rings. The van der Waals surface area contributed by atoms with E-state index in [2.05, 4.69) is 20.7 Å². The molecule has 0 aliphatic rings. The van der Waals surface area contributed by atoms with Gasteiger partial charge < -0.3 is 5.11 Å². The average Bonchev–Trinajstić information content (AvgIpc) is 2.47. The predicted octanol–water partition coefficient (Wildman–Crippen LogP) is 2.94. The summed E-state index contributed by atoms with van der Waals surface area (Å²) in [6.07, 6.45) is -0.336. The molecule has 0 aliphatic heterocycles. The smallest absolute Gasteiger partial charge is 0.305 e. The average molecular weight is 384 g/mol. The second-order valence-electron chi connectivity index (χ2n) is 4.64. The van der Waals surface area contributed by atoms with Gasteiger partial charge in [0, 0.05) is 4.47 Å². The summed E-state index contributed by atoms with van der Waals surface area (Å²) in [7, 11) is -3.82. The van der Waals surface area contributed by atoms with Crippen LogP contribution in [-0.4, -0.2) is 19.5 Å². The quantitative estimate of drug-likeness (QED) is 0.802. The minimum atomic E-state index is -3.82. The third kappa shape index (κ3) is 4.40. The van der Waals surface area contributed by atoms with Crippen molar-refractivity contribution in [3.05, 3.63) is 64.6 Å². The van der Waals surface area contributed by atoms with Gasteiger partial charge in [0.15, 0.2) is 0 Å². The largest absolute Gasteiger partial charge is 0.481 e. The van der Waals surface area contributed by atoms with Crippen molar-refractivity contribution in [2.45, 2.75) is 17.4 Å². The van der Waals surface area contributed by atoms with Crippen molar-refractivity contribution in [1.82, 2.24) is 4.72 Å². The fourth-order valence-corrected chi connectivity index (χ4v) is 3.80. The Morgan fingerprint density at radius 2 is 1.82 bits per heavy atom. The number of carboxylic acids is 1. The Kier molecular flexibility index (Phi) is 5.33. The van der Waals surface area contributed by atoms with Crippen LogP contribution >= 0.6 is 15.9 Å². The first kappa shape index (κ1) is 16.7. The Labute approximate surface area is 137 Å². The van der Waals surface area contributed by atoms with E-state index in [1.165, 1.54) is 12.1 Å². The van der Waals surface area contributed by atoms with E-state index in [4.69, 9.17) is 5.11 Å². The number of carbonyl (C=O) groups is 1. The van der Waals surface area contributed by atoms with E-state index in [1.54, 1.807) is 42.5 Å². The lowest BCUT2D eigenvalue weighted by Gasteiger charge is -2.17. The number of hydrogen-bond donors (Lipinski definition) is 2. The maximum atomic E-state index is 12.4. The number of rotatable bonds is 6. The maximum absolute atomic E-state index is 12.4. The van der Waals surface area contributed by atoms with Crippen LogP contribution in [0.4, 0.5) is 0 Å².